The molecule has 5 nitrogen and oxygen atoms in total. The number of hydrogen-bond donors (Lipinski definition) is 1. The van der Waals surface area contributed by atoms with Gasteiger partial charge in [-0.15, -0.1) is 13.2 Å². The lowest BCUT2D eigenvalue weighted by molar-refractivity contribution is 0.0439. The Kier molecular flexibility index (Phi) is 9.35. The molecule has 0 rings (SSSR count). The van der Waals surface area contributed by atoms with E-state index < -0.39 is 6.09 Å². The topological polar surface area (TPSA) is 59.0 Å². The number of ether oxygens (including phenoxy) is 2. The van der Waals surface area contributed by atoms with Crippen LogP contribution in [-0.2, 0) is 9.47 Å². The van der Waals surface area contributed by atoms with Crippen LogP contribution in [-0.4, -0.2) is 55.6 Å². The van der Waals surface area contributed by atoms with Crippen LogP contribution in [0.25, 0.3) is 0 Å². The molecule has 1 N–H and O–H groups in total. The van der Waals surface area contributed by atoms with Gasteiger partial charge in [-0.05, 0) is 0 Å². The molecule has 0 saturated heterocycles. The molecule has 0 aliphatic rings. The first-order chi connectivity index (χ1) is 7.76. The molecule has 0 fully saturated rings. The van der Waals surface area contributed by atoms with Gasteiger partial charge >= 0.3 is 6.09 Å². The van der Waals surface area contributed by atoms with Gasteiger partial charge in [-0.2, -0.15) is 0 Å². The molecule has 0 saturated carbocycles. The van der Waals surface area contributed by atoms with Crippen LogP contribution >= 0.6 is 0 Å². The van der Waals surface area contributed by atoms with Gasteiger partial charge in [0.15, 0.2) is 0 Å². The molecule has 0 aromatic heterocycles. The Morgan fingerprint density at radius 1 is 1.19 bits per heavy atom. The lowest BCUT2D eigenvalue weighted by Crippen LogP contribution is -2.32. The molecule has 16 heavy (non-hydrogen) atoms. The Bertz CT molecular complexity index is 208. The molecule has 0 radical (unpaired) electrons. The van der Waals surface area contributed by atoms with Gasteiger partial charge in [0.1, 0.15) is 6.61 Å². The SMILES string of the molecule is C=CCN(CC=C)C(=O)OCCOCCO. The van der Waals surface area contributed by atoms with Crippen LogP contribution in [0.1, 0.15) is 0 Å². The smallest absolute Gasteiger partial charge is 0.410 e. The molecular weight excluding hydrogens is 210 g/mol. The monoisotopic (exact) mass is 229 g/mol. The summed E-state index contributed by atoms with van der Waals surface area (Å²) < 4.78 is 9.89. The fourth-order valence-electron chi connectivity index (χ4n) is 0.981. The summed E-state index contributed by atoms with van der Waals surface area (Å²) >= 11 is 0. The maximum Gasteiger partial charge on any atom is 0.410 e. The predicted octanol–water partition coefficient (Wildman–Crippen LogP) is 0.806. The molecule has 0 aliphatic heterocycles. The summed E-state index contributed by atoms with van der Waals surface area (Å²) in [6.45, 7) is 8.60. The fraction of sp³-hybridized carbons (Fsp3) is 0.545. The van der Waals surface area contributed by atoms with Gasteiger partial charge in [0, 0.05) is 13.1 Å². The molecule has 5 heteroatoms. The Morgan fingerprint density at radius 2 is 1.81 bits per heavy atom. The van der Waals surface area contributed by atoms with Crippen LogP contribution in [0.15, 0.2) is 25.3 Å². The van der Waals surface area contributed by atoms with Crippen molar-refractivity contribution in [1.82, 2.24) is 4.90 Å². The molecule has 0 bridgehead atoms. The second kappa shape index (κ2) is 10.2. The van der Waals surface area contributed by atoms with E-state index in [0.717, 1.165) is 0 Å². The van der Waals surface area contributed by atoms with Crippen molar-refractivity contribution in [1.29, 1.82) is 0 Å². The number of nitrogens with zero attached hydrogens (tertiary/aromatic N) is 1. The lowest BCUT2D eigenvalue weighted by atomic mass is 10.5. The number of aliphatic hydroxyl groups excluding tert-OH is 1. The largest absolute Gasteiger partial charge is 0.447 e. The van der Waals surface area contributed by atoms with Gasteiger partial charge in [-0.3, -0.25) is 0 Å². The van der Waals surface area contributed by atoms with Crippen LogP contribution in [0.5, 0.6) is 0 Å². The molecule has 0 aliphatic carbocycles. The van der Waals surface area contributed by atoms with E-state index in [4.69, 9.17) is 14.6 Å². The summed E-state index contributed by atoms with van der Waals surface area (Å²) in [6, 6.07) is 0. The molecule has 0 heterocycles. The summed E-state index contributed by atoms with van der Waals surface area (Å²) in [4.78, 5) is 12.9. The second-order valence-corrected chi connectivity index (χ2v) is 2.93. The van der Waals surface area contributed by atoms with Crippen LogP contribution < -0.4 is 0 Å². The third kappa shape index (κ3) is 7.03. The van der Waals surface area contributed by atoms with Crippen molar-refractivity contribution in [2.45, 2.75) is 0 Å². The summed E-state index contributed by atoms with van der Waals surface area (Å²) in [7, 11) is 0. The summed E-state index contributed by atoms with van der Waals surface area (Å²) in [6.07, 6.45) is 2.81. The average molecular weight is 229 g/mol. The molecule has 0 atom stereocenters. The van der Waals surface area contributed by atoms with E-state index in [9.17, 15) is 4.79 Å². The van der Waals surface area contributed by atoms with E-state index in [1.165, 1.54) is 4.90 Å². The van der Waals surface area contributed by atoms with Gasteiger partial charge in [-0.1, -0.05) is 12.2 Å². The van der Waals surface area contributed by atoms with Gasteiger partial charge < -0.3 is 19.5 Å². The van der Waals surface area contributed by atoms with Gasteiger partial charge in [0.25, 0.3) is 0 Å². The lowest BCUT2D eigenvalue weighted by Gasteiger charge is -2.18. The van der Waals surface area contributed by atoms with E-state index in [1.54, 1.807) is 12.2 Å². The van der Waals surface area contributed by atoms with Crippen molar-refractivity contribution in [2.24, 2.45) is 0 Å². The fourth-order valence-corrected chi connectivity index (χ4v) is 0.981. The van der Waals surface area contributed by atoms with Crippen molar-refractivity contribution in [3.63, 3.8) is 0 Å². The van der Waals surface area contributed by atoms with Crippen LogP contribution in [0.3, 0.4) is 0 Å². The first kappa shape index (κ1) is 14.7. The van der Waals surface area contributed by atoms with E-state index in [-0.39, 0.29) is 26.4 Å². The summed E-state index contributed by atoms with van der Waals surface area (Å²) in [5.74, 6) is 0. The third-order valence-corrected chi connectivity index (χ3v) is 1.65. The minimum Gasteiger partial charge on any atom is -0.447 e. The zero-order valence-electron chi connectivity index (χ0n) is 9.43. The molecule has 92 valence electrons. The normalized spacial score (nSPS) is 9.56. The average Bonchev–Trinajstić information content (AvgIpc) is 2.28. The minimum absolute atomic E-state index is 0.0347. The standard InChI is InChI=1S/C11H19NO4/c1-3-5-12(6-4-2)11(14)16-10-9-15-8-7-13/h3-4,13H,1-2,5-10H2. The third-order valence-electron chi connectivity index (χ3n) is 1.65. The van der Waals surface area contributed by atoms with E-state index >= 15 is 0 Å². The summed E-state index contributed by atoms with van der Waals surface area (Å²) in [5, 5.41) is 8.44. The van der Waals surface area contributed by atoms with Gasteiger partial charge in [0.05, 0.1) is 19.8 Å². The van der Waals surface area contributed by atoms with E-state index in [1.807, 2.05) is 0 Å². The number of amides is 1. The Balaban J connectivity index is 3.73. The van der Waals surface area contributed by atoms with Gasteiger partial charge in [0.2, 0.25) is 0 Å². The maximum absolute atomic E-state index is 11.5. The van der Waals surface area contributed by atoms with E-state index in [0.29, 0.717) is 13.1 Å². The van der Waals surface area contributed by atoms with E-state index in [2.05, 4.69) is 13.2 Å². The number of hydrogen-bond acceptors (Lipinski definition) is 4. The van der Waals surface area contributed by atoms with Crippen LogP contribution in [0, 0.1) is 0 Å². The maximum atomic E-state index is 11.5. The highest BCUT2D eigenvalue weighted by Gasteiger charge is 2.10. The first-order valence-corrected chi connectivity index (χ1v) is 5.08. The molecule has 0 aromatic rings. The second-order valence-electron chi connectivity index (χ2n) is 2.93. The molecular formula is C11H19NO4. The Labute approximate surface area is 96.0 Å². The highest BCUT2D eigenvalue weighted by atomic mass is 16.6. The summed E-state index contributed by atoms with van der Waals surface area (Å²) in [5.41, 5.74) is 0. The van der Waals surface area contributed by atoms with Crippen molar-refractivity contribution in [2.75, 3.05) is 39.5 Å². The quantitative estimate of drug-likeness (QED) is 0.469. The van der Waals surface area contributed by atoms with Crippen molar-refractivity contribution < 1.29 is 19.4 Å². The number of carbonyl (C=O) groups is 1. The highest BCUT2D eigenvalue weighted by Crippen LogP contribution is 1.95. The van der Waals surface area contributed by atoms with Gasteiger partial charge in [-0.25, -0.2) is 4.79 Å². The molecule has 0 spiro atoms. The molecule has 1 amide bonds. The highest BCUT2D eigenvalue weighted by molar-refractivity contribution is 5.68. The minimum atomic E-state index is -0.424. The number of aliphatic hydroxyl groups is 1. The van der Waals surface area contributed by atoms with Crippen molar-refractivity contribution in [3.8, 4) is 0 Å². The molecule has 0 unspecified atom stereocenters. The number of rotatable bonds is 9. The molecule has 0 aromatic carbocycles. The Morgan fingerprint density at radius 3 is 2.31 bits per heavy atom. The number of carbonyl (C=O) groups excluding carboxylic acids is 1. The van der Waals surface area contributed by atoms with Crippen molar-refractivity contribution >= 4 is 6.09 Å². The zero-order chi connectivity index (χ0) is 12.2. The van der Waals surface area contributed by atoms with Crippen molar-refractivity contribution in [3.05, 3.63) is 25.3 Å². The zero-order valence-corrected chi connectivity index (χ0v) is 9.43. The van der Waals surface area contributed by atoms with Crippen LogP contribution in [0.4, 0.5) is 4.79 Å². The Hall–Kier alpha value is -1.33. The predicted molar refractivity (Wildman–Crippen MR) is 61.2 cm³/mol. The van der Waals surface area contributed by atoms with Crippen LogP contribution in [0.2, 0.25) is 0 Å². The first-order valence-electron chi connectivity index (χ1n) is 5.08.